The Hall–Kier alpha value is -0.520. The van der Waals surface area contributed by atoms with Crippen molar-refractivity contribution < 1.29 is 0 Å². The van der Waals surface area contributed by atoms with E-state index in [2.05, 4.69) is 33.9 Å². The van der Waals surface area contributed by atoms with Gasteiger partial charge in [0.15, 0.2) is 0 Å². The Labute approximate surface area is 83.7 Å². The Morgan fingerprint density at radius 3 is 2.08 bits per heavy atom. The molecule has 0 N–H and O–H groups in total. The summed E-state index contributed by atoms with van der Waals surface area (Å²) in [6.45, 7) is 14.8. The van der Waals surface area contributed by atoms with Gasteiger partial charge in [-0.1, -0.05) is 45.1 Å². The summed E-state index contributed by atoms with van der Waals surface area (Å²) in [7, 11) is 0. The summed E-state index contributed by atoms with van der Waals surface area (Å²) in [6.07, 6.45) is 5.89. The van der Waals surface area contributed by atoms with Crippen molar-refractivity contribution in [2.75, 3.05) is 0 Å². The van der Waals surface area contributed by atoms with Crippen LogP contribution in [0, 0.1) is 5.92 Å². The first-order valence-corrected chi connectivity index (χ1v) is 5.39. The molecule has 0 aliphatic rings. The van der Waals surface area contributed by atoms with E-state index in [1.165, 1.54) is 36.8 Å². The van der Waals surface area contributed by atoms with E-state index >= 15 is 0 Å². The van der Waals surface area contributed by atoms with Crippen molar-refractivity contribution in [2.24, 2.45) is 5.92 Å². The second-order valence-electron chi connectivity index (χ2n) is 4.31. The maximum atomic E-state index is 4.09. The summed E-state index contributed by atoms with van der Waals surface area (Å²) in [5.41, 5.74) is 2.77. The average Bonchev–Trinajstić information content (AvgIpc) is 2.02. The smallest absolute Gasteiger partial charge is 0.0300 e. The Morgan fingerprint density at radius 1 is 1.08 bits per heavy atom. The van der Waals surface area contributed by atoms with Gasteiger partial charge in [-0.2, -0.15) is 0 Å². The number of hydrogen-bond acceptors (Lipinski definition) is 0. The third kappa shape index (κ3) is 7.83. The van der Waals surface area contributed by atoms with E-state index < -0.39 is 0 Å². The lowest BCUT2D eigenvalue weighted by atomic mass is 9.98. The fourth-order valence-corrected chi connectivity index (χ4v) is 1.44. The first kappa shape index (κ1) is 12.5. The molecule has 0 saturated heterocycles. The van der Waals surface area contributed by atoms with Crippen molar-refractivity contribution in [2.45, 2.75) is 52.9 Å². The molecular formula is C13H24. The van der Waals surface area contributed by atoms with E-state index in [-0.39, 0.29) is 0 Å². The van der Waals surface area contributed by atoms with Crippen molar-refractivity contribution in [1.82, 2.24) is 0 Å². The standard InChI is InChI=1S/C13H24/c1-6-12(4)8-7-9-13(5)10-11(2)3/h11H,4-10H2,1-3H3. The molecule has 0 aromatic heterocycles. The Bertz CT molecular complexity index is 163. The highest BCUT2D eigenvalue weighted by molar-refractivity contribution is 4.98. The van der Waals surface area contributed by atoms with Crippen LogP contribution < -0.4 is 0 Å². The van der Waals surface area contributed by atoms with Gasteiger partial charge >= 0.3 is 0 Å². The van der Waals surface area contributed by atoms with Gasteiger partial charge < -0.3 is 0 Å². The van der Waals surface area contributed by atoms with Gasteiger partial charge in [0.1, 0.15) is 0 Å². The van der Waals surface area contributed by atoms with Gasteiger partial charge in [0, 0.05) is 0 Å². The fraction of sp³-hybridized carbons (Fsp3) is 0.692. The second kappa shape index (κ2) is 6.94. The third-order valence-electron chi connectivity index (χ3n) is 2.26. The predicted octanol–water partition coefficient (Wildman–Crippen LogP) is 4.73. The van der Waals surface area contributed by atoms with E-state index in [9.17, 15) is 0 Å². The van der Waals surface area contributed by atoms with Crippen LogP contribution in [0.15, 0.2) is 24.3 Å². The summed E-state index contributed by atoms with van der Waals surface area (Å²) >= 11 is 0. The molecule has 0 rings (SSSR count). The maximum Gasteiger partial charge on any atom is -0.0300 e. The zero-order chi connectivity index (χ0) is 10.3. The zero-order valence-electron chi connectivity index (χ0n) is 9.53. The Morgan fingerprint density at radius 2 is 1.62 bits per heavy atom. The van der Waals surface area contributed by atoms with Crippen molar-refractivity contribution in [3.63, 3.8) is 0 Å². The third-order valence-corrected chi connectivity index (χ3v) is 2.26. The molecule has 0 fully saturated rings. The van der Waals surface area contributed by atoms with E-state index in [1.54, 1.807) is 0 Å². The van der Waals surface area contributed by atoms with Gasteiger partial charge in [-0.25, -0.2) is 0 Å². The lowest BCUT2D eigenvalue weighted by Gasteiger charge is -2.08. The van der Waals surface area contributed by atoms with Gasteiger partial charge in [0.05, 0.1) is 0 Å². The van der Waals surface area contributed by atoms with Gasteiger partial charge in [0.25, 0.3) is 0 Å². The molecule has 0 heterocycles. The van der Waals surface area contributed by atoms with E-state index in [1.807, 2.05) is 0 Å². The molecule has 0 amide bonds. The first-order chi connectivity index (χ1) is 6.06. The van der Waals surface area contributed by atoms with Crippen LogP contribution in [0.4, 0.5) is 0 Å². The van der Waals surface area contributed by atoms with Crippen LogP contribution in [0.1, 0.15) is 52.9 Å². The quantitative estimate of drug-likeness (QED) is 0.497. The fourth-order valence-electron chi connectivity index (χ4n) is 1.44. The molecule has 0 radical (unpaired) electrons. The molecular weight excluding hydrogens is 156 g/mol. The van der Waals surface area contributed by atoms with Crippen molar-refractivity contribution in [1.29, 1.82) is 0 Å². The first-order valence-electron chi connectivity index (χ1n) is 5.39. The van der Waals surface area contributed by atoms with Gasteiger partial charge in [-0.15, -0.1) is 0 Å². The summed E-state index contributed by atoms with van der Waals surface area (Å²) < 4.78 is 0. The lowest BCUT2D eigenvalue weighted by molar-refractivity contribution is 0.616. The van der Waals surface area contributed by atoms with Gasteiger partial charge in [-0.3, -0.25) is 0 Å². The van der Waals surface area contributed by atoms with Crippen LogP contribution in [0.3, 0.4) is 0 Å². The van der Waals surface area contributed by atoms with E-state index in [4.69, 9.17) is 0 Å². The SMILES string of the molecule is C=C(CC)CCCC(=C)CC(C)C. The topological polar surface area (TPSA) is 0 Å². The average molecular weight is 180 g/mol. The summed E-state index contributed by atoms with van der Waals surface area (Å²) in [4.78, 5) is 0. The normalized spacial score (nSPS) is 10.5. The highest BCUT2D eigenvalue weighted by atomic mass is 14.0. The predicted molar refractivity (Wildman–Crippen MR) is 61.9 cm³/mol. The van der Waals surface area contributed by atoms with Crippen molar-refractivity contribution in [3.8, 4) is 0 Å². The molecule has 76 valence electrons. The molecule has 0 spiro atoms. The molecule has 0 saturated carbocycles. The van der Waals surface area contributed by atoms with Crippen LogP contribution >= 0.6 is 0 Å². The largest absolute Gasteiger partial charge is 0.0999 e. The molecule has 0 aromatic rings. The van der Waals surface area contributed by atoms with Crippen molar-refractivity contribution in [3.05, 3.63) is 24.3 Å². The molecule has 13 heavy (non-hydrogen) atoms. The lowest BCUT2D eigenvalue weighted by Crippen LogP contribution is -1.91. The highest BCUT2D eigenvalue weighted by Gasteiger charge is 1.99. The summed E-state index contributed by atoms with van der Waals surface area (Å²) in [5, 5.41) is 0. The molecule has 0 bridgehead atoms. The molecule has 0 unspecified atom stereocenters. The van der Waals surface area contributed by atoms with Crippen LogP contribution in [0.5, 0.6) is 0 Å². The molecule has 0 aliphatic carbocycles. The minimum atomic E-state index is 0.752. The molecule has 0 nitrogen and oxygen atoms in total. The molecule has 0 atom stereocenters. The van der Waals surface area contributed by atoms with Crippen LogP contribution in [-0.2, 0) is 0 Å². The maximum absolute atomic E-state index is 4.09. The summed E-state index contributed by atoms with van der Waals surface area (Å²) in [5.74, 6) is 0.752. The highest BCUT2D eigenvalue weighted by Crippen LogP contribution is 2.17. The number of allylic oxidation sites excluding steroid dienone is 2. The second-order valence-corrected chi connectivity index (χ2v) is 4.31. The van der Waals surface area contributed by atoms with E-state index in [0.717, 1.165) is 12.3 Å². The summed E-state index contributed by atoms with van der Waals surface area (Å²) in [6, 6.07) is 0. The van der Waals surface area contributed by atoms with Crippen LogP contribution in [0.2, 0.25) is 0 Å². The Kier molecular flexibility index (Phi) is 6.66. The monoisotopic (exact) mass is 180 g/mol. The van der Waals surface area contributed by atoms with Crippen LogP contribution in [0.25, 0.3) is 0 Å². The minimum absolute atomic E-state index is 0.752. The molecule has 0 aromatic carbocycles. The Balaban J connectivity index is 3.42. The molecule has 0 heteroatoms. The molecule has 0 aliphatic heterocycles. The number of hydrogen-bond donors (Lipinski definition) is 0. The van der Waals surface area contributed by atoms with Gasteiger partial charge in [-0.05, 0) is 38.0 Å². The van der Waals surface area contributed by atoms with Gasteiger partial charge in [0.2, 0.25) is 0 Å². The van der Waals surface area contributed by atoms with Crippen molar-refractivity contribution >= 4 is 0 Å². The van der Waals surface area contributed by atoms with E-state index in [0.29, 0.717) is 0 Å². The number of rotatable bonds is 7. The minimum Gasteiger partial charge on any atom is -0.0999 e. The zero-order valence-corrected chi connectivity index (χ0v) is 9.53. The van der Waals surface area contributed by atoms with Crippen LogP contribution in [-0.4, -0.2) is 0 Å².